The van der Waals surface area contributed by atoms with Crippen LogP contribution in [0, 0.1) is 0 Å². The second kappa shape index (κ2) is 5.95. The summed E-state index contributed by atoms with van der Waals surface area (Å²) < 4.78 is 5.55. The number of nitrogens with zero attached hydrogens (tertiary/aromatic N) is 1. The minimum atomic E-state index is -0.149. The third kappa shape index (κ3) is 2.75. The maximum atomic E-state index is 12.7. The fraction of sp³-hybridized carbons (Fsp3) is 0.294. The van der Waals surface area contributed by atoms with E-state index in [1.54, 1.807) is 18.5 Å². The van der Waals surface area contributed by atoms with Crippen molar-refractivity contribution in [2.75, 3.05) is 18.5 Å². The molecule has 4 heteroatoms. The van der Waals surface area contributed by atoms with Crippen molar-refractivity contribution >= 4 is 11.5 Å². The molecular formula is C17H18N2O2. The second-order valence-corrected chi connectivity index (χ2v) is 5.14. The number of hydrogen-bond donors (Lipinski definition) is 1. The molecule has 1 N–H and O–H groups in total. The zero-order chi connectivity index (χ0) is 14.7. The van der Waals surface area contributed by atoms with E-state index in [0.717, 1.165) is 17.7 Å². The van der Waals surface area contributed by atoms with Crippen molar-refractivity contribution in [1.82, 2.24) is 4.98 Å². The summed E-state index contributed by atoms with van der Waals surface area (Å²) in [5.41, 5.74) is 2.71. The molecule has 1 atom stereocenters. The number of nitrogens with one attached hydrogen (secondary N) is 1. The van der Waals surface area contributed by atoms with Gasteiger partial charge in [0, 0.05) is 24.0 Å². The van der Waals surface area contributed by atoms with Crippen molar-refractivity contribution in [2.24, 2.45) is 0 Å². The molecule has 3 rings (SSSR count). The first kappa shape index (κ1) is 13.6. The molecule has 108 valence electrons. The zero-order valence-corrected chi connectivity index (χ0v) is 12.0. The molecule has 2 aromatic rings. The molecule has 1 aromatic carbocycles. The molecule has 4 nitrogen and oxygen atoms in total. The van der Waals surface area contributed by atoms with Crippen molar-refractivity contribution in [3.8, 4) is 5.75 Å². The van der Waals surface area contributed by atoms with Crippen LogP contribution >= 0.6 is 0 Å². The number of aromatic nitrogens is 1. The molecule has 0 aliphatic carbocycles. The number of carbonyl (C=O) groups is 1. The van der Waals surface area contributed by atoms with Crippen LogP contribution in [0.25, 0.3) is 0 Å². The van der Waals surface area contributed by atoms with Crippen molar-refractivity contribution < 1.29 is 9.53 Å². The third-order valence-electron chi connectivity index (χ3n) is 3.62. The molecule has 1 unspecified atom stereocenters. The Morgan fingerprint density at radius 2 is 2.24 bits per heavy atom. The average Bonchev–Trinajstić information content (AvgIpc) is 2.96. The van der Waals surface area contributed by atoms with Gasteiger partial charge in [0.1, 0.15) is 5.75 Å². The largest absolute Gasteiger partial charge is 0.492 e. The van der Waals surface area contributed by atoms with Crippen LogP contribution in [0.5, 0.6) is 5.75 Å². The van der Waals surface area contributed by atoms with E-state index in [-0.39, 0.29) is 11.7 Å². The molecule has 0 radical (unpaired) electrons. The molecule has 2 heterocycles. The molecule has 0 bridgehead atoms. The van der Waals surface area contributed by atoms with Gasteiger partial charge in [-0.2, -0.15) is 0 Å². The fourth-order valence-corrected chi connectivity index (χ4v) is 2.57. The lowest BCUT2D eigenvalue weighted by atomic mass is 9.93. The van der Waals surface area contributed by atoms with E-state index >= 15 is 0 Å². The minimum Gasteiger partial charge on any atom is -0.492 e. The van der Waals surface area contributed by atoms with Crippen LogP contribution in [0.2, 0.25) is 0 Å². The number of benzene rings is 1. The summed E-state index contributed by atoms with van der Waals surface area (Å²) in [5, 5.41) is 3.28. The first-order valence-corrected chi connectivity index (χ1v) is 7.24. The van der Waals surface area contributed by atoms with E-state index in [9.17, 15) is 4.79 Å². The molecule has 1 aliphatic heterocycles. The van der Waals surface area contributed by atoms with Gasteiger partial charge in [-0.25, -0.2) is 0 Å². The summed E-state index contributed by atoms with van der Waals surface area (Å²) in [7, 11) is 0. The SMILES string of the molecule is CCCOc1cncc(C(=O)C2CNc3ccccc32)c1. The average molecular weight is 282 g/mol. The lowest BCUT2D eigenvalue weighted by Gasteiger charge is -2.10. The van der Waals surface area contributed by atoms with Crippen LogP contribution < -0.4 is 10.1 Å². The van der Waals surface area contributed by atoms with Gasteiger partial charge in [-0.1, -0.05) is 25.1 Å². The molecule has 0 saturated carbocycles. The number of ketones is 1. The van der Waals surface area contributed by atoms with Crippen molar-refractivity contribution in [1.29, 1.82) is 0 Å². The number of rotatable bonds is 5. The van der Waals surface area contributed by atoms with Gasteiger partial charge in [0.2, 0.25) is 0 Å². The smallest absolute Gasteiger partial charge is 0.173 e. The van der Waals surface area contributed by atoms with E-state index in [4.69, 9.17) is 4.74 Å². The van der Waals surface area contributed by atoms with Gasteiger partial charge in [0.05, 0.1) is 18.7 Å². The van der Waals surface area contributed by atoms with E-state index in [2.05, 4.69) is 10.3 Å². The van der Waals surface area contributed by atoms with Gasteiger partial charge in [-0.3, -0.25) is 9.78 Å². The highest BCUT2D eigenvalue weighted by Crippen LogP contribution is 2.33. The third-order valence-corrected chi connectivity index (χ3v) is 3.62. The molecule has 1 aromatic heterocycles. The van der Waals surface area contributed by atoms with Crippen LogP contribution in [-0.4, -0.2) is 23.9 Å². The van der Waals surface area contributed by atoms with Crippen molar-refractivity contribution in [3.63, 3.8) is 0 Å². The highest BCUT2D eigenvalue weighted by molar-refractivity contribution is 6.03. The summed E-state index contributed by atoms with van der Waals surface area (Å²) in [4.78, 5) is 16.8. The van der Waals surface area contributed by atoms with Gasteiger partial charge in [0.15, 0.2) is 5.78 Å². The molecule has 1 aliphatic rings. The molecular weight excluding hydrogens is 264 g/mol. The Kier molecular flexibility index (Phi) is 3.86. The number of pyridine rings is 1. The standard InChI is InChI=1S/C17H18N2O2/c1-2-7-21-13-8-12(9-18-10-13)17(20)15-11-19-16-6-4-3-5-14(15)16/h3-6,8-10,15,19H,2,7,11H2,1H3. The Morgan fingerprint density at radius 1 is 1.38 bits per heavy atom. The van der Waals surface area contributed by atoms with Gasteiger partial charge < -0.3 is 10.1 Å². The van der Waals surface area contributed by atoms with E-state index in [1.807, 2.05) is 31.2 Å². The maximum absolute atomic E-state index is 12.7. The van der Waals surface area contributed by atoms with Crippen molar-refractivity contribution in [3.05, 3.63) is 53.9 Å². The van der Waals surface area contributed by atoms with Gasteiger partial charge in [-0.05, 0) is 24.1 Å². The van der Waals surface area contributed by atoms with Crippen LogP contribution in [0.1, 0.15) is 35.2 Å². The molecule has 21 heavy (non-hydrogen) atoms. The summed E-state index contributed by atoms with van der Waals surface area (Å²) in [5.74, 6) is 0.591. The molecule has 0 fully saturated rings. The summed E-state index contributed by atoms with van der Waals surface area (Å²) in [6.45, 7) is 3.31. The normalized spacial score (nSPS) is 16.1. The molecule has 0 saturated heterocycles. The Hall–Kier alpha value is -2.36. The first-order valence-electron chi connectivity index (χ1n) is 7.24. The highest BCUT2D eigenvalue weighted by atomic mass is 16.5. The van der Waals surface area contributed by atoms with E-state index < -0.39 is 0 Å². The second-order valence-electron chi connectivity index (χ2n) is 5.14. The Balaban J connectivity index is 1.83. The number of para-hydroxylation sites is 1. The minimum absolute atomic E-state index is 0.0851. The van der Waals surface area contributed by atoms with Crippen molar-refractivity contribution in [2.45, 2.75) is 19.3 Å². The summed E-state index contributed by atoms with van der Waals surface area (Å²) in [6, 6.07) is 9.72. The van der Waals surface area contributed by atoms with Crippen LogP contribution in [0.4, 0.5) is 5.69 Å². The maximum Gasteiger partial charge on any atom is 0.173 e. The van der Waals surface area contributed by atoms with Crippen LogP contribution in [-0.2, 0) is 0 Å². The van der Waals surface area contributed by atoms with Crippen LogP contribution in [0.15, 0.2) is 42.7 Å². The number of ether oxygens (including phenoxy) is 1. The predicted molar refractivity (Wildman–Crippen MR) is 82.0 cm³/mol. The monoisotopic (exact) mass is 282 g/mol. The van der Waals surface area contributed by atoms with Gasteiger partial charge in [-0.15, -0.1) is 0 Å². The number of Topliss-reactive ketones (excluding diaryl/α,β-unsaturated/α-hetero) is 1. The topological polar surface area (TPSA) is 51.2 Å². The zero-order valence-electron chi connectivity index (χ0n) is 12.0. The number of fused-ring (bicyclic) bond motifs is 1. The Labute approximate surface area is 124 Å². The quantitative estimate of drug-likeness (QED) is 0.855. The lowest BCUT2D eigenvalue weighted by molar-refractivity contribution is 0.0965. The van der Waals surface area contributed by atoms with Gasteiger partial charge >= 0.3 is 0 Å². The van der Waals surface area contributed by atoms with E-state index in [1.165, 1.54) is 0 Å². The number of anilines is 1. The molecule has 0 amide bonds. The van der Waals surface area contributed by atoms with Gasteiger partial charge in [0.25, 0.3) is 0 Å². The number of hydrogen-bond acceptors (Lipinski definition) is 4. The van der Waals surface area contributed by atoms with E-state index in [0.29, 0.717) is 24.5 Å². The summed E-state index contributed by atoms with van der Waals surface area (Å²) in [6.07, 6.45) is 4.19. The fourth-order valence-electron chi connectivity index (χ4n) is 2.57. The molecule has 0 spiro atoms. The Bertz CT molecular complexity index is 655. The predicted octanol–water partition coefficient (Wildman–Crippen LogP) is 3.26. The lowest BCUT2D eigenvalue weighted by Crippen LogP contribution is -2.15. The number of carbonyl (C=O) groups excluding carboxylic acids is 1. The first-order chi connectivity index (χ1) is 10.3. The highest BCUT2D eigenvalue weighted by Gasteiger charge is 2.29. The summed E-state index contributed by atoms with van der Waals surface area (Å²) >= 11 is 0. The Morgan fingerprint density at radius 3 is 3.10 bits per heavy atom. The van der Waals surface area contributed by atoms with Crippen LogP contribution in [0.3, 0.4) is 0 Å².